The highest BCUT2D eigenvalue weighted by atomic mass is 16.3. The maximum absolute atomic E-state index is 13.9. The van der Waals surface area contributed by atoms with E-state index in [1.807, 2.05) is 67.8 Å². The van der Waals surface area contributed by atoms with Crippen LogP contribution in [0.1, 0.15) is 34.1 Å². The van der Waals surface area contributed by atoms with Crippen LogP contribution in [0.4, 0.5) is 5.69 Å². The number of fused-ring (bicyclic) bond motifs is 3. The number of benzene rings is 2. The largest absolute Gasteiger partial charge is 0.483 e. The molecule has 176 valence electrons. The van der Waals surface area contributed by atoms with Crippen LogP contribution in [-0.4, -0.2) is 49.6 Å². The molecule has 0 radical (unpaired) electrons. The minimum atomic E-state index is -0.861. The Balaban J connectivity index is 0.000000806. The molecular weight excluding hydrogens is 446 g/mol. The summed E-state index contributed by atoms with van der Waals surface area (Å²) < 4.78 is 1.71. The summed E-state index contributed by atoms with van der Waals surface area (Å²) in [6.45, 7) is 0.199. The monoisotopic (exact) mass is 469 g/mol. The van der Waals surface area contributed by atoms with E-state index in [9.17, 15) is 9.59 Å². The second-order valence-electron chi connectivity index (χ2n) is 8.56. The van der Waals surface area contributed by atoms with Gasteiger partial charge in [0.05, 0.1) is 12.2 Å². The summed E-state index contributed by atoms with van der Waals surface area (Å²) in [6.07, 6.45) is 5.84. The van der Waals surface area contributed by atoms with Crippen molar-refractivity contribution in [1.29, 1.82) is 0 Å². The van der Waals surface area contributed by atoms with Crippen molar-refractivity contribution in [2.45, 2.75) is 17.9 Å². The lowest BCUT2D eigenvalue weighted by Crippen LogP contribution is -2.42. The van der Waals surface area contributed by atoms with Crippen molar-refractivity contribution >= 4 is 34.7 Å². The Morgan fingerprint density at radius 3 is 2.69 bits per heavy atom. The molecule has 0 bridgehead atoms. The zero-order chi connectivity index (χ0) is 24.6. The molecule has 0 aliphatic carbocycles. The molecule has 35 heavy (non-hydrogen) atoms. The molecule has 6 rings (SSSR count). The van der Waals surface area contributed by atoms with Gasteiger partial charge in [0.2, 0.25) is 5.91 Å². The maximum Gasteiger partial charge on any atom is 0.290 e. The Labute approximate surface area is 201 Å². The van der Waals surface area contributed by atoms with Gasteiger partial charge in [-0.15, -0.1) is 0 Å². The van der Waals surface area contributed by atoms with Gasteiger partial charge in [0.25, 0.3) is 12.4 Å². The summed E-state index contributed by atoms with van der Waals surface area (Å²) in [6, 6.07) is 16.9. The Morgan fingerprint density at radius 1 is 1.17 bits per heavy atom. The Morgan fingerprint density at radius 2 is 1.91 bits per heavy atom. The number of nitrogens with zero attached hydrogens (tertiary/aromatic N) is 4. The Bertz CT molecular complexity index is 1440. The minimum Gasteiger partial charge on any atom is -0.483 e. The summed E-state index contributed by atoms with van der Waals surface area (Å²) in [4.78, 5) is 42.0. The van der Waals surface area contributed by atoms with Crippen molar-refractivity contribution in [3.05, 3.63) is 90.0 Å². The van der Waals surface area contributed by atoms with Gasteiger partial charge in [0, 0.05) is 42.6 Å². The van der Waals surface area contributed by atoms with E-state index in [2.05, 4.69) is 15.4 Å². The van der Waals surface area contributed by atoms with Crippen LogP contribution in [0.5, 0.6) is 0 Å². The molecule has 1 saturated heterocycles. The molecule has 9 nitrogen and oxygen atoms in total. The molecule has 2 atom stereocenters. The number of para-hydroxylation sites is 1. The van der Waals surface area contributed by atoms with E-state index in [-0.39, 0.29) is 18.3 Å². The van der Waals surface area contributed by atoms with Crippen LogP contribution in [-0.2, 0) is 22.1 Å². The van der Waals surface area contributed by atoms with Crippen LogP contribution in [0, 0.1) is 0 Å². The van der Waals surface area contributed by atoms with Gasteiger partial charge in [-0.2, -0.15) is 5.10 Å². The molecule has 4 heterocycles. The van der Waals surface area contributed by atoms with Gasteiger partial charge < -0.3 is 15.3 Å². The molecule has 2 aliphatic heterocycles. The number of aryl methyl sites for hydroxylation is 1. The van der Waals surface area contributed by atoms with Crippen molar-refractivity contribution < 1.29 is 19.5 Å². The van der Waals surface area contributed by atoms with Gasteiger partial charge in [-0.3, -0.25) is 24.0 Å². The predicted octanol–water partition coefficient (Wildman–Crippen LogP) is 3.15. The molecule has 2 N–H and O–H groups in total. The van der Waals surface area contributed by atoms with E-state index in [0.717, 1.165) is 27.6 Å². The van der Waals surface area contributed by atoms with E-state index >= 15 is 0 Å². The number of pyridine rings is 1. The number of carbonyl (C=O) groups excluding carboxylic acids is 2. The normalized spacial score (nSPS) is 20.3. The summed E-state index contributed by atoms with van der Waals surface area (Å²) >= 11 is 0. The van der Waals surface area contributed by atoms with Crippen LogP contribution in [0.25, 0.3) is 10.8 Å². The highest BCUT2D eigenvalue weighted by Gasteiger charge is 2.59. The topological polar surface area (TPSA) is 117 Å². The predicted molar refractivity (Wildman–Crippen MR) is 129 cm³/mol. The number of hydrogen-bond acceptors (Lipinski definition) is 5. The lowest BCUT2D eigenvalue weighted by atomic mass is 9.73. The summed E-state index contributed by atoms with van der Waals surface area (Å²) in [5.41, 5.74) is 2.12. The average Bonchev–Trinajstić information content (AvgIpc) is 3.55. The SMILES string of the molecule is Cn1cc(C2N(C(=O)c3nccc4ccccc34)CCC23C(=O)Nc2ccccc23)cn1.O=CO. The molecule has 1 spiro atoms. The zero-order valence-corrected chi connectivity index (χ0v) is 19.0. The quantitative estimate of drug-likeness (QED) is 0.436. The first kappa shape index (κ1) is 22.3. The molecule has 1 fully saturated rings. The number of hydrogen-bond donors (Lipinski definition) is 2. The summed E-state index contributed by atoms with van der Waals surface area (Å²) in [5, 5.41) is 16.0. The van der Waals surface area contributed by atoms with E-state index in [0.29, 0.717) is 18.7 Å². The van der Waals surface area contributed by atoms with Gasteiger partial charge in [-0.25, -0.2) is 0 Å². The van der Waals surface area contributed by atoms with E-state index in [1.165, 1.54) is 0 Å². The van der Waals surface area contributed by atoms with Crippen molar-refractivity contribution in [2.75, 3.05) is 11.9 Å². The standard InChI is InChI=1S/C25H21N5O2.CH2O2/c1-29-15-17(14-27-29)22-25(19-8-4-5-9-20(19)28-24(25)32)11-13-30(22)23(31)21-18-7-3-2-6-16(18)10-12-26-21;2-1-3/h2-10,12,14-15,22H,11,13H2,1H3,(H,28,32);1H,(H,2,3). The number of carbonyl (C=O) groups is 3. The van der Waals surface area contributed by atoms with Crippen molar-refractivity contribution in [3.8, 4) is 0 Å². The molecule has 2 amide bonds. The number of nitrogens with one attached hydrogen (secondary N) is 1. The molecule has 0 saturated carbocycles. The van der Waals surface area contributed by atoms with Crippen LogP contribution in [0.3, 0.4) is 0 Å². The van der Waals surface area contributed by atoms with Crippen LogP contribution >= 0.6 is 0 Å². The second kappa shape index (κ2) is 8.68. The summed E-state index contributed by atoms with van der Waals surface area (Å²) in [7, 11) is 1.84. The van der Waals surface area contributed by atoms with Gasteiger partial charge >= 0.3 is 0 Å². The first-order valence-electron chi connectivity index (χ1n) is 11.1. The third kappa shape index (κ3) is 3.43. The number of amides is 2. The number of anilines is 1. The lowest BCUT2D eigenvalue weighted by Gasteiger charge is -2.33. The zero-order valence-electron chi connectivity index (χ0n) is 19.0. The molecule has 2 aliphatic rings. The summed E-state index contributed by atoms with van der Waals surface area (Å²) in [5.74, 6) is -0.251. The van der Waals surface area contributed by atoms with Crippen LogP contribution < -0.4 is 5.32 Å². The van der Waals surface area contributed by atoms with E-state index in [4.69, 9.17) is 9.90 Å². The minimum absolute atomic E-state index is 0.0752. The van der Waals surface area contributed by atoms with Crippen LogP contribution in [0.15, 0.2) is 73.2 Å². The molecule has 9 heteroatoms. The number of carboxylic acid groups (broad SMARTS) is 1. The smallest absolute Gasteiger partial charge is 0.290 e. The third-order valence-corrected chi connectivity index (χ3v) is 6.76. The maximum atomic E-state index is 13.9. The van der Waals surface area contributed by atoms with E-state index in [1.54, 1.807) is 22.0 Å². The highest BCUT2D eigenvalue weighted by molar-refractivity contribution is 6.09. The first-order valence-corrected chi connectivity index (χ1v) is 11.1. The first-order chi connectivity index (χ1) is 17.0. The molecule has 2 aromatic carbocycles. The van der Waals surface area contributed by atoms with Gasteiger partial charge in [-0.1, -0.05) is 42.5 Å². The van der Waals surface area contributed by atoms with Gasteiger partial charge in [-0.05, 0) is 29.5 Å². The van der Waals surface area contributed by atoms with Crippen LogP contribution in [0.2, 0.25) is 0 Å². The fraction of sp³-hybridized carbons (Fsp3) is 0.192. The van der Waals surface area contributed by atoms with Crippen molar-refractivity contribution in [2.24, 2.45) is 7.05 Å². The number of likely N-dealkylation sites (tertiary alicyclic amines) is 1. The fourth-order valence-corrected chi connectivity index (χ4v) is 5.38. The molecule has 2 unspecified atom stereocenters. The van der Waals surface area contributed by atoms with Gasteiger partial charge in [0.1, 0.15) is 11.1 Å². The molecule has 2 aromatic heterocycles. The highest BCUT2D eigenvalue weighted by Crippen LogP contribution is 2.54. The number of rotatable bonds is 2. The second-order valence-corrected chi connectivity index (χ2v) is 8.56. The molecular formula is C26H23N5O4. The molecule has 4 aromatic rings. The Hall–Kier alpha value is -4.53. The van der Waals surface area contributed by atoms with E-state index < -0.39 is 11.5 Å². The fourth-order valence-electron chi connectivity index (χ4n) is 5.38. The van der Waals surface area contributed by atoms with Crippen molar-refractivity contribution in [3.63, 3.8) is 0 Å². The van der Waals surface area contributed by atoms with Crippen molar-refractivity contribution in [1.82, 2.24) is 19.7 Å². The third-order valence-electron chi connectivity index (χ3n) is 6.76. The van der Waals surface area contributed by atoms with Gasteiger partial charge in [0.15, 0.2) is 0 Å². The number of aromatic nitrogens is 3. The lowest BCUT2D eigenvalue weighted by molar-refractivity contribution is -0.123. The average molecular weight is 470 g/mol. The Kier molecular flexibility index (Phi) is 5.52.